The van der Waals surface area contributed by atoms with Gasteiger partial charge in [-0.15, -0.1) is 0 Å². The van der Waals surface area contributed by atoms with Crippen LogP contribution in [0.2, 0.25) is 0 Å². The number of nitrogens with one attached hydrogen (secondary N) is 3. The molecule has 5 nitrogen and oxygen atoms in total. The molecule has 1 aromatic carbocycles. The maximum absolute atomic E-state index is 5.78. The Morgan fingerprint density at radius 3 is 2.53 bits per heavy atom. The van der Waals surface area contributed by atoms with Crippen LogP contribution >= 0.6 is 34.8 Å². The lowest BCUT2D eigenvalue weighted by atomic mass is 9.96. The molecule has 0 aliphatic carbocycles. The van der Waals surface area contributed by atoms with E-state index in [1.165, 1.54) is 20.5 Å². The molecule has 0 bridgehead atoms. The van der Waals surface area contributed by atoms with Crippen LogP contribution < -0.4 is 10.6 Å². The SMILES string of the molecule is Cc1[nH]c(C)c([C@@H]2[C@@H](c3ccccn3)NC(=S)N2CCCNc2ccccc2)c1I. The Morgan fingerprint density at radius 2 is 1.87 bits per heavy atom. The van der Waals surface area contributed by atoms with E-state index in [0.29, 0.717) is 0 Å². The summed E-state index contributed by atoms with van der Waals surface area (Å²) in [7, 11) is 0. The lowest BCUT2D eigenvalue weighted by molar-refractivity contribution is 0.314. The number of aromatic amines is 1. The normalized spacial score (nSPS) is 18.5. The van der Waals surface area contributed by atoms with Gasteiger partial charge in [-0.25, -0.2) is 0 Å². The molecule has 0 saturated carbocycles. The van der Waals surface area contributed by atoms with Gasteiger partial charge in [0.2, 0.25) is 0 Å². The molecule has 7 heteroatoms. The van der Waals surface area contributed by atoms with Gasteiger partial charge < -0.3 is 20.5 Å². The first-order valence-corrected chi connectivity index (χ1v) is 11.7. The molecule has 3 heterocycles. The average Bonchev–Trinajstić information content (AvgIpc) is 3.21. The number of anilines is 1. The van der Waals surface area contributed by atoms with E-state index in [9.17, 15) is 0 Å². The van der Waals surface area contributed by atoms with Gasteiger partial charge in [-0.3, -0.25) is 4.98 Å². The van der Waals surface area contributed by atoms with Crippen molar-refractivity contribution in [2.24, 2.45) is 0 Å². The number of H-pyrrole nitrogens is 1. The number of aromatic nitrogens is 2. The van der Waals surface area contributed by atoms with Gasteiger partial charge >= 0.3 is 0 Å². The van der Waals surface area contributed by atoms with Crippen LogP contribution in [0, 0.1) is 17.4 Å². The average molecular weight is 531 g/mol. The van der Waals surface area contributed by atoms with Crippen LogP contribution in [0.5, 0.6) is 0 Å². The van der Waals surface area contributed by atoms with Crippen molar-refractivity contribution in [1.82, 2.24) is 20.2 Å². The summed E-state index contributed by atoms with van der Waals surface area (Å²) in [6.07, 6.45) is 2.84. The predicted octanol–water partition coefficient (Wildman–Crippen LogP) is 5.11. The van der Waals surface area contributed by atoms with Gasteiger partial charge in [-0.05, 0) is 79.3 Å². The second kappa shape index (κ2) is 9.34. The fourth-order valence-electron chi connectivity index (χ4n) is 4.12. The summed E-state index contributed by atoms with van der Waals surface area (Å²) < 4.78 is 1.27. The smallest absolute Gasteiger partial charge is 0.170 e. The summed E-state index contributed by atoms with van der Waals surface area (Å²) in [4.78, 5) is 10.5. The molecule has 1 fully saturated rings. The van der Waals surface area contributed by atoms with E-state index in [4.69, 9.17) is 12.2 Å². The van der Waals surface area contributed by atoms with Gasteiger partial charge in [0, 0.05) is 45.5 Å². The largest absolute Gasteiger partial charge is 0.385 e. The molecule has 3 N–H and O–H groups in total. The zero-order valence-electron chi connectivity index (χ0n) is 17.2. The first-order valence-electron chi connectivity index (χ1n) is 10.2. The van der Waals surface area contributed by atoms with Gasteiger partial charge in [0.05, 0.1) is 17.8 Å². The maximum Gasteiger partial charge on any atom is 0.170 e. The van der Waals surface area contributed by atoms with E-state index >= 15 is 0 Å². The number of hydrogen-bond donors (Lipinski definition) is 3. The van der Waals surface area contributed by atoms with Crippen molar-refractivity contribution in [3.8, 4) is 0 Å². The Morgan fingerprint density at radius 1 is 1.10 bits per heavy atom. The summed E-state index contributed by atoms with van der Waals surface area (Å²) in [5, 5.41) is 7.84. The minimum absolute atomic E-state index is 0.0307. The van der Waals surface area contributed by atoms with Crippen LogP contribution in [0.1, 0.15) is 41.1 Å². The Labute approximate surface area is 196 Å². The monoisotopic (exact) mass is 531 g/mol. The van der Waals surface area contributed by atoms with E-state index < -0.39 is 0 Å². The summed E-state index contributed by atoms with van der Waals surface area (Å²) >= 11 is 8.24. The van der Waals surface area contributed by atoms with Crippen molar-refractivity contribution >= 4 is 45.6 Å². The van der Waals surface area contributed by atoms with Crippen molar-refractivity contribution in [3.05, 3.63) is 80.9 Å². The molecule has 1 aliphatic heterocycles. The maximum atomic E-state index is 5.78. The Kier molecular flexibility index (Phi) is 6.58. The molecular formula is C23H26IN5S. The van der Waals surface area contributed by atoms with Gasteiger partial charge in [-0.2, -0.15) is 0 Å². The van der Waals surface area contributed by atoms with Crippen LogP contribution in [-0.2, 0) is 0 Å². The lowest BCUT2D eigenvalue weighted by Gasteiger charge is -2.28. The molecule has 2 aromatic heterocycles. The van der Waals surface area contributed by atoms with Gasteiger partial charge in [0.1, 0.15) is 0 Å². The first-order chi connectivity index (χ1) is 14.6. The van der Waals surface area contributed by atoms with Crippen molar-refractivity contribution in [1.29, 1.82) is 0 Å². The number of aryl methyl sites for hydroxylation is 2. The van der Waals surface area contributed by atoms with E-state index in [2.05, 4.69) is 80.1 Å². The molecule has 0 spiro atoms. The third-order valence-corrected chi connectivity index (χ3v) is 7.26. The van der Waals surface area contributed by atoms with Crippen molar-refractivity contribution in [2.75, 3.05) is 18.4 Å². The van der Waals surface area contributed by atoms with Crippen LogP contribution in [0.3, 0.4) is 0 Å². The zero-order chi connectivity index (χ0) is 21.1. The van der Waals surface area contributed by atoms with Gasteiger partial charge in [-0.1, -0.05) is 24.3 Å². The molecule has 3 aromatic rings. The number of rotatable bonds is 7. The molecule has 1 aliphatic rings. The molecule has 156 valence electrons. The number of nitrogens with zero attached hydrogens (tertiary/aromatic N) is 2. The molecular weight excluding hydrogens is 505 g/mol. The number of para-hydroxylation sites is 1. The van der Waals surface area contributed by atoms with Gasteiger partial charge in [0.25, 0.3) is 0 Å². The van der Waals surface area contributed by atoms with Crippen molar-refractivity contribution in [3.63, 3.8) is 0 Å². The third kappa shape index (κ3) is 4.32. The Hall–Kier alpha value is -2.13. The summed E-state index contributed by atoms with van der Waals surface area (Å²) in [5.74, 6) is 0. The molecule has 1 saturated heterocycles. The third-order valence-electron chi connectivity index (χ3n) is 5.52. The Bertz CT molecular complexity index is 1010. The number of pyridine rings is 1. The van der Waals surface area contributed by atoms with Crippen LogP contribution in [-0.4, -0.2) is 33.1 Å². The molecule has 30 heavy (non-hydrogen) atoms. The quantitative estimate of drug-likeness (QED) is 0.225. The molecule has 4 rings (SSSR count). The molecule has 0 unspecified atom stereocenters. The highest BCUT2D eigenvalue weighted by Gasteiger charge is 2.41. The fourth-order valence-corrected chi connectivity index (χ4v) is 5.31. The predicted molar refractivity (Wildman–Crippen MR) is 135 cm³/mol. The summed E-state index contributed by atoms with van der Waals surface area (Å²) in [5.41, 5.74) is 5.87. The molecule has 2 atom stereocenters. The first kappa shape index (κ1) is 21.1. The minimum Gasteiger partial charge on any atom is -0.385 e. The van der Waals surface area contributed by atoms with E-state index in [-0.39, 0.29) is 12.1 Å². The standard InChI is InChI=1S/C23H26IN5S/c1-15-19(20(24)16(2)27-15)22-21(18-11-6-7-12-26-18)28-23(30)29(22)14-8-13-25-17-9-4-3-5-10-17/h3-7,9-12,21-22,25,27H,8,13-14H2,1-2H3,(H,28,30)/t21-,22-/m1/s1. The highest BCUT2D eigenvalue weighted by Crippen LogP contribution is 2.42. The highest BCUT2D eigenvalue weighted by atomic mass is 127. The van der Waals surface area contributed by atoms with Crippen LogP contribution in [0.4, 0.5) is 5.69 Å². The second-order valence-corrected chi connectivity index (χ2v) is 9.03. The van der Waals surface area contributed by atoms with E-state index in [1.807, 2.05) is 36.5 Å². The number of benzene rings is 1. The fraction of sp³-hybridized carbons (Fsp3) is 0.304. The lowest BCUT2D eigenvalue weighted by Crippen LogP contribution is -2.32. The van der Waals surface area contributed by atoms with Gasteiger partial charge in [0.15, 0.2) is 5.11 Å². The van der Waals surface area contributed by atoms with E-state index in [1.54, 1.807) is 0 Å². The number of halogens is 1. The highest BCUT2D eigenvalue weighted by molar-refractivity contribution is 14.1. The number of hydrogen-bond acceptors (Lipinski definition) is 3. The van der Waals surface area contributed by atoms with E-state index in [0.717, 1.165) is 36.0 Å². The minimum atomic E-state index is 0.0307. The summed E-state index contributed by atoms with van der Waals surface area (Å²) in [6.45, 7) is 6.05. The molecule has 0 amide bonds. The van der Waals surface area contributed by atoms with Crippen molar-refractivity contribution in [2.45, 2.75) is 32.4 Å². The summed E-state index contributed by atoms with van der Waals surface area (Å²) in [6, 6.07) is 16.5. The second-order valence-electron chi connectivity index (χ2n) is 7.57. The zero-order valence-corrected chi connectivity index (χ0v) is 20.1. The Balaban J connectivity index is 1.56. The van der Waals surface area contributed by atoms with Crippen molar-refractivity contribution < 1.29 is 0 Å². The van der Waals surface area contributed by atoms with Crippen LogP contribution in [0.15, 0.2) is 54.7 Å². The molecule has 0 radical (unpaired) electrons. The number of thiocarbonyl (C=S) groups is 1. The van der Waals surface area contributed by atoms with Crippen LogP contribution in [0.25, 0.3) is 0 Å². The topological polar surface area (TPSA) is 56.0 Å².